The molecule has 0 atom stereocenters. The maximum absolute atomic E-state index is 13.0. The Balaban J connectivity index is 1.68. The van der Waals surface area contributed by atoms with Crippen molar-refractivity contribution >= 4 is 29.3 Å². The predicted molar refractivity (Wildman–Crippen MR) is 87.7 cm³/mol. The third-order valence-corrected chi connectivity index (χ3v) is 3.93. The van der Waals surface area contributed by atoms with E-state index >= 15 is 0 Å². The zero-order valence-corrected chi connectivity index (χ0v) is 13.7. The fraction of sp³-hybridized carbons (Fsp3) is 0.176. The Morgan fingerprint density at radius 2 is 1.84 bits per heavy atom. The average molecular weight is 369 g/mol. The molecule has 2 aromatic rings. The lowest BCUT2D eigenvalue weighted by atomic mass is 10.3. The first-order valence-electron chi connectivity index (χ1n) is 7.23. The minimum atomic E-state index is -0.957. The molecule has 0 aliphatic rings. The van der Waals surface area contributed by atoms with Gasteiger partial charge in [-0.25, -0.2) is 13.2 Å². The summed E-state index contributed by atoms with van der Waals surface area (Å²) in [5.41, 5.74) is 0.259. The van der Waals surface area contributed by atoms with Gasteiger partial charge in [-0.3, -0.25) is 9.59 Å². The second-order valence-corrected chi connectivity index (χ2v) is 6.06. The molecule has 0 radical (unpaired) electrons. The highest BCUT2D eigenvalue weighted by atomic mass is 32.2. The van der Waals surface area contributed by atoms with E-state index in [1.807, 2.05) is 0 Å². The first-order chi connectivity index (χ1) is 11.9. The lowest BCUT2D eigenvalue weighted by Crippen LogP contribution is -2.21. The van der Waals surface area contributed by atoms with Crippen molar-refractivity contribution in [3.8, 4) is 0 Å². The topological polar surface area (TPSA) is 55.4 Å². The number of thioether (sulfide) groups is 1. The number of benzene rings is 2. The third-order valence-electron chi connectivity index (χ3n) is 2.94. The normalized spacial score (nSPS) is 10.4. The summed E-state index contributed by atoms with van der Waals surface area (Å²) in [4.78, 5) is 23.6. The van der Waals surface area contributed by atoms with Crippen LogP contribution in [0.4, 0.5) is 18.9 Å². The zero-order chi connectivity index (χ0) is 18.2. The van der Waals surface area contributed by atoms with Crippen molar-refractivity contribution < 1.29 is 27.5 Å². The number of hydrogen-bond donors (Lipinski definition) is 1. The maximum Gasteiger partial charge on any atom is 0.307 e. The van der Waals surface area contributed by atoms with Gasteiger partial charge in [0, 0.05) is 16.3 Å². The van der Waals surface area contributed by atoms with Crippen molar-refractivity contribution in [2.24, 2.45) is 0 Å². The van der Waals surface area contributed by atoms with Crippen molar-refractivity contribution in [2.45, 2.75) is 11.3 Å². The Hall–Kier alpha value is -2.48. The molecule has 0 aliphatic carbocycles. The van der Waals surface area contributed by atoms with E-state index in [1.165, 1.54) is 24.3 Å². The van der Waals surface area contributed by atoms with Crippen LogP contribution >= 0.6 is 11.8 Å². The van der Waals surface area contributed by atoms with E-state index in [4.69, 9.17) is 4.74 Å². The number of rotatable bonds is 7. The number of ether oxygens (including phenoxy) is 1. The van der Waals surface area contributed by atoms with Crippen LogP contribution in [0, 0.1) is 17.5 Å². The molecule has 0 heterocycles. The first-order valence-corrected chi connectivity index (χ1v) is 8.21. The highest BCUT2D eigenvalue weighted by molar-refractivity contribution is 7.99. The molecule has 8 heteroatoms. The van der Waals surface area contributed by atoms with Crippen LogP contribution in [0.15, 0.2) is 47.4 Å². The number of halogens is 3. The van der Waals surface area contributed by atoms with Gasteiger partial charge in [0.15, 0.2) is 18.2 Å². The SMILES string of the molecule is O=C(COC(=O)CCSc1ccc(F)c(F)c1)Nc1cccc(F)c1. The van der Waals surface area contributed by atoms with Crippen molar-refractivity contribution in [1.82, 2.24) is 0 Å². The van der Waals surface area contributed by atoms with Crippen LogP contribution < -0.4 is 5.32 Å². The van der Waals surface area contributed by atoms with Crippen LogP contribution in [0.3, 0.4) is 0 Å². The Bertz CT molecular complexity index is 771. The summed E-state index contributed by atoms with van der Waals surface area (Å²) in [6, 6.07) is 8.76. The van der Waals surface area contributed by atoms with Crippen LogP contribution in [0.25, 0.3) is 0 Å². The number of nitrogens with one attached hydrogen (secondary N) is 1. The van der Waals surface area contributed by atoms with Gasteiger partial charge in [0.05, 0.1) is 6.42 Å². The molecule has 1 amide bonds. The van der Waals surface area contributed by atoms with Gasteiger partial charge in [0.2, 0.25) is 0 Å². The maximum atomic E-state index is 13.0. The lowest BCUT2D eigenvalue weighted by Gasteiger charge is -2.07. The minimum absolute atomic E-state index is 0.00307. The van der Waals surface area contributed by atoms with E-state index in [0.29, 0.717) is 4.90 Å². The van der Waals surface area contributed by atoms with E-state index in [1.54, 1.807) is 0 Å². The predicted octanol–water partition coefficient (Wildman–Crippen LogP) is 3.77. The number of hydrogen-bond acceptors (Lipinski definition) is 4. The molecule has 0 unspecified atom stereocenters. The number of carbonyl (C=O) groups is 2. The molecule has 0 spiro atoms. The second-order valence-electron chi connectivity index (χ2n) is 4.89. The standard InChI is InChI=1S/C17H14F3NO3S/c18-11-2-1-3-12(8-11)21-16(22)10-24-17(23)6-7-25-13-4-5-14(19)15(20)9-13/h1-5,8-9H,6-7,10H2,(H,21,22). The van der Waals surface area contributed by atoms with Gasteiger partial charge in [0.1, 0.15) is 5.82 Å². The molecule has 1 N–H and O–H groups in total. The highest BCUT2D eigenvalue weighted by Crippen LogP contribution is 2.21. The molecule has 0 fully saturated rings. The number of carbonyl (C=O) groups excluding carboxylic acids is 2. The summed E-state index contributed by atoms with van der Waals surface area (Å²) in [6.07, 6.45) is -0.00307. The molecular weight excluding hydrogens is 355 g/mol. The first kappa shape index (κ1) is 18.9. The molecule has 25 heavy (non-hydrogen) atoms. The molecule has 132 valence electrons. The van der Waals surface area contributed by atoms with E-state index in [9.17, 15) is 22.8 Å². The summed E-state index contributed by atoms with van der Waals surface area (Å²) in [7, 11) is 0. The smallest absolute Gasteiger partial charge is 0.307 e. The van der Waals surface area contributed by atoms with E-state index in [0.717, 1.165) is 30.0 Å². The second kappa shape index (κ2) is 9.12. The summed E-state index contributed by atoms with van der Waals surface area (Å²) in [6.45, 7) is -0.495. The van der Waals surface area contributed by atoms with E-state index < -0.39 is 35.9 Å². The Morgan fingerprint density at radius 3 is 2.56 bits per heavy atom. The zero-order valence-electron chi connectivity index (χ0n) is 12.9. The molecular formula is C17H14F3NO3S. The fourth-order valence-electron chi connectivity index (χ4n) is 1.80. The Labute approximate surface area is 146 Å². The molecule has 4 nitrogen and oxygen atoms in total. The van der Waals surface area contributed by atoms with Crippen molar-refractivity contribution in [3.63, 3.8) is 0 Å². The minimum Gasteiger partial charge on any atom is -0.456 e. The average Bonchev–Trinajstić information content (AvgIpc) is 2.56. The molecule has 2 aromatic carbocycles. The van der Waals surface area contributed by atoms with Crippen molar-refractivity contribution in [1.29, 1.82) is 0 Å². The summed E-state index contributed by atoms with van der Waals surface area (Å²) >= 11 is 1.16. The third kappa shape index (κ3) is 6.50. The lowest BCUT2D eigenvalue weighted by molar-refractivity contribution is -0.146. The van der Waals surface area contributed by atoms with Gasteiger partial charge in [0.25, 0.3) is 5.91 Å². The highest BCUT2D eigenvalue weighted by Gasteiger charge is 2.09. The quantitative estimate of drug-likeness (QED) is 0.596. The van der Waals surface area contributed by atoms with Crippen molar-refractivity contribution in [3.05, 3.63) is 59.9 Å². The van der Waals surface area contributed by atoms with Crippen LogP contribution in [0.5, 0.6) is 0 Å². The van der Waals surface area contributed by atoms with Gasteiger partial charge in [-0.1, -0.05) is 6.07 Å². The monoisotopic (exact) mass is 369 g/mol. The molecule has 0 saturated carbocycles. The van der Waals surface area contributed by atoms with Crippen molar-refractivity contribution in [2.75, 3.05) is 17.7 Å². The summed E-state index contributed by atoms with van der Waals surface area (Å²) in [5.74, 6) is -3.30. The van der Waals surface area contributed by atoms with Crippen LogP contribution in [-0.4, -0.2) is 24.2 Å². The molecule has 2 rings (SSSR count). The van der Waals surface area contributed by atoms with Crippen LogP contribution in [0.2, 0.25) is 0 Å². The van der Waals surface area contributed by atoms with Gasteiger partial charge in [-0.15, -0.1) is 11.8 Å². The number of amides is 1. The summed E-state index contributed by atoms with van der Waals surface area (Å²) < 4.78 is 43.6. The van der Waals surface area contributed by atoms with Crippen LogP contribution in [-0.2, 0) is 14.3 Å². The van der Waals surface area contributed by atoms with Crippen LogP contribution in [0.1, 0.15) is 6.42 Å². The molecule has 0 aliphatic heterocycles. The molecule has 0 bridgehead atoms. The van der Waals surface area contributed by atoms with E-state index in [-0.39, 0.29) is 17.9 Å². The van der Waals surface area contributed by atoms with E-state index in [2.05, 4.69) is 5.32 Å². The molecule has 0 aromatic heterocycles. The molecule has 0 saturated heterocycles. The van der Waals surface area contributed by atoms with Gasteiger partial charge in [-0.05, 0) is 36.4 Å². The number of esters is 1. The Kier molecular flexibility index (Phi) is 6.88. The van der Waals surface area contributed by atoms with Gasteiger partial charge >= 0.3 is 5.97 Å². The summed E-state index contributed by atoms with van der Waals surface area (Å²) in [5, 5.41) is 2.39. The fourth-order valence-corrected chi connectivity index (χ4v) is 2.66. The van der Waals surface area contributed by atoms with Gasteiger partial charge < -0.3 is 10.1 Å². The van der Waals surface area contributed by atoms with Gasteiger partial charge in [-0.2, -0.15) is 0 Å². The largest absolute Gasteiger partial charge is 0.456 e. The Morgan fingerprint density at radius 1 is 1.04 bits per heavy atom. The number of anilines is 1.